The molecule has 4 aromatic rings. The number of carbonyl (C=O) groups excluding carboxylic acids is 2. The molecule has 0 saturated heterocycles. The zero-order valence-corrected chi connectivity index (χ0v) is 30.0. The fourth-order valence-electron chi connectivity index (χ4n) is 4.98. The van der Waals surface area contributed by atoms with Gasteiger partial charge in [0, 0.05) is 28.0 Å². The lowest BCUT2D eigenvalue weighted by Gasteiger charge is -2.35. The van der Waals surface area contributed by atoms with Crippen LogP contribution in [0, 0.1) is 0 Å². The quantitative estimate of drug-likeness (QED) is 0.156. The van der Waals surface area contributed by atoms with Crippen molar-refractivity contribution in [2.75, 3.05) is 17.5 Å². The average Bonchev–Trinajstić information content (AvgIpc) is 3.02. The first-order chi connectivity index (χ1) is 22.3. The number of para-hydroxylation sites is 2. The highest BCUT2D eigenvalue weighted by molar-refractivity contribution is 9.10. The average molecular weight is 741 g/mol. The minimum absolute atomic E-state index is 0.0493. The molecule has 0 aliphatic rings. The van der Waals surface area contributed by atoms with Crippen LogP contribution in [0.1, 0.15) is 38.8 Å². The first kappa shape index (κ1) is 36.0. The van der Waals surface area contributed by atoms with Crippen molar-refractivity contribution in [3.63, 3.8) is 0 Å². The van der Waals surface area contributed by atoms with E-state index in [-0.39, 0.29) is 36.1 Å². The minimum Gasteiger partial charge on any atom is -0.492 e. The van der Waals surface area contributed by atoms with Crippen LogP contribution in [-0.2, 0) is 32.6 Å². The van der Waals surface area contributed by atoms with Crippen molar-refractivity contribution in [2.24, 2.45) is 0 Å². The number of halogens is 2. The van der Waals surface area contributed by atoms with Crippen LogP contribution in [0.2, 0.25) is 5.02 Å². The third kappa shape index (κ3) is 9.82. The molecular formula is C36H39BrClN3O5S. The number of nitrogens with one attached hydrogen (secondary N) is 1. The number of amides is 2. The number of nitrogens with zero attached hydrogens (tertiary/aromatic N) is 2. The molecule has 1 N–H and O–H groups in total. The molecule has 0 saturated carbocycles. The molecule has 0 heterocycles. The van der Waals surface area contributed by atoms with Gasteiger partial charge in [-0.1, -0.05) is 82.1 Å². The van der Waals surface area contributed by atoms with Gasteiger partial charge in [-0.3, -0.25) is 13.9 Å². The second kappa shape index (κ2) is 15.8. The maximum atomic E-state index is 14.7. The second-order valence-corrected chi connectivity index (χ2v) is 15.2. The molecule has 11 heteroatoms. The van der Waals surface area contributed by atoms with E-state index in [1.165, 1.54) is 29.2 Å². The Labute approximate surface area is 290 Å². The predicted molar refractivity (Wildman–Crippen MR) is 190 cm³/mol. The van der Waals surface area contributed by atoms with E-state index in [1.807, 2.05) is 75.4 Å². The molecule has 2 amide bonds. The Bertz CT molecular complexity index is 1760. The van der Waals surface area contributed by atoms with Crippen molar-refractivity contribution in [3.8, 4) is 5.75 Å². The number of anilines is 1. The summed E-state index contributed by atoms with van der Waals surface area (Å²) in [4.78, 5) is 30.1. The monoisotopic (exact) mass is 739 g/mol. The van der Waals surface area contributed by atoms with Gasteiger partial charge < -0.3 is 15.0 Å². The van der Waals surface area contributed by atoms with Crippen molar-refractivity contribution in [1.29, 1.82) is 0 Å². The lowest BCUT2D eigenvalue weighted by atomic mass is 10.0. The number of hydrogen-bond donors (Lipinski definition) is 1. The molecule has 0 aliphatic heterocycles. The second-order valence-electron chi connectivity index (χ2n) is 12.0. The van der Waals surface area contributed by atoms with E-state index in [1.54, 1.807) is 31.2 Å². The van der Waals surface area contributed by atoms with E-state index in [9.17, 15) is 18.0 Å². The molecule has 4 rings (SSSR count). The lowest BCUT2D eigenvalue weighted by molar-refractivity contribution is -0.140. The van der Waals surface area contributed by atoms with Crippen LogP contribution in [0.5, 0.6) is 5.75 Å². The topological polar surface area (TPSA) is 96.0 Å². The van der Waals surface area contributed by atoms with Gasteiger partial charge in [0.1, 0.15) is 18.3 Å². The van der Waals surface area contributed by atoms with Gasteiger partial charge in [0.05, 0.1) is 17.2 Å². The van der Waals surface area contributed by atoms with Crippen LogP contribution in [-0.4, -0.2) is 49.9 Å². The van der Waals surface area contributed by atoms with Gasteiger partial charge in [0.25, 0.3) is 10.0 Å². The zero-order chi connectivity index (χ0) is 34.2. The first-order valence-corrected chi connectivity index (χ1v) is 17.8. The number of ether oxygens (including phenoxy) is 1. The molecular weight excluding hydrogens is 702 g/mol. The van der Waals surface area contributed by atoms with Crippen LogP contribution in [0.15, 0.2) is 112 Å². The Morgan fingerprint density at radius 1 is 0.872 bits per heavy atom. The molecule has 0 aromatic heterocycles. The van der Waals surface area contributed by atoms with Crippen LogP contribution >= 0.6 is 27.5 Å². The summed E-state index contributed by atoms with van der Waals surface area (Å²) in [7, 11) is -4.31. The first-order valence-electron chi connectivity index (χ1n) is 15.2. The molecule has 4 aromatic carbocycles. The molecule has 0 fully saturated rings. The Kier molecular flexibility index (Phi) is 12.1. The SMILES string of the molecule is CCOc1ccccc1N(CC(=O)N(Cc1ccc(Br)cc1)[C@H](Cc1ccccc1)C(=O)NC(C)(C)C)S(=O)(=O)c1ccc(Cl)cc1. The summed E-state index contributed by atoms with van der Waals surface area (Å²) in [6.45, 7) is 7.15. The summed E-state index contributed by atoms with van der Waals surface area (Å²) in [5, 5.41) is 3.41. The van der Waals surface area contributed by atoms with Crippen LogP contribution in [0.4, 0.5) is 5.69 Å². The van der Waals surface area contributed by atoms with E-state index in [0.717, 1.165) is 19.9 Å². The highest BCUT2D eigenvalue weighted by atomic mass is 79.9. The van der Waals surface area contributed by atoms with Crippen molar-refractivity contribution in [2.45, 2.75) is 57.1 Å². The smallest absolute Gasteiger partial charge is 0.264 e. The van der Waals surface area contributed by atoms with Crippen molar-refractivity contribution in [3.05, 3.63) is 124 Å². The Hall–Kier alpha value is -3.86. The van der Waals surface area contributed by atoms with E-state index < -0.39 is 34.1 Å². The van der Waals surface area contributed by atoms with Gasteiger partial charge in [-0.05, 0) is 87.4 Å². The van der Waals surface area contributed by atoms with Gasteiger partial charge in [-0.25, -0.2) is 8.42 Å². The van der Waals surface area contributed by atoms with Crippen molar-refractivity contribution in [1.82, 2.24) is 10.2 Å². The standard InChI is InChI=1S/C36H39BrClN3O5S/c1-5-46-33-14-10-9-13-31(33)41(47(44,45)30-21-19-29(38)20-22-30)25-34(42)40(24-27-15-17-28(37)18-16-27)32(35(43)39-36(2,3)4)23-26-11-7-6-8-12-26/h6-22,32H,5,23-25H2,1-4H3,(H,39,43)/t32-/m1/s1. The molecule has 47 heavy (non-hydrogen) atoms. The third-order valence-corrected chi connectivity index (χ3v) is 9.70. The van der Waals surface area contributed by atoms with E-state index in [0.29, 0.717) is 10.8 Å². The number of rotatable bonds is 13. The normalized spacial score (nSPS) is 12.2. The van der Waals surface area contributed by atoms with E-state index in [4.69, 9.17) is 16.3 Å². The summed E-state index contributed by atoms with van der Waals surface area (Å²) >= 11 is 9.54. The molecule has 8 nitrogen and oxygen atoms in total. The summed E-state index contributed by atoms with van der Waals surface area (Å²) < 4.78 is 36.3. The van der Waals surface area contributed by atoms with Crippen LogP contribution < -0.4 is 14.4 Å². The number of benzene rings is 4. The van der Waals surface area contributed by atoms with Crippen molar-refractivity contribution >= 4 is 55.1 Å². The van der Waals surface area contributed by atoms with E-state index >= 15 is 0 Å². The largest absolute Gasteiger partial charge is 0.492 e. The lowest BCUT2D eigenvalue weighted by Crippen LogP contribution is -2.56. The van der Waals surface area contributed by atoms with Gasteiger partial charge in [0.2, 0.25) is 11.8 Å². The molecule has 0 unspecified atom stereocenters. The van der Waals surface area contributed by atoms with Crippen LogP contribution in [0.25, 0.3) is 0 Å². The zero-order valence-electron chi connectivity index (χ0n) is 26.8. The van der Waals surface area contributed by atoms with Crippen LogP contribution in [0.3, 0.4) is 0 Å². The van der Waals surface area contributed by atoms with Crippen molar-refractivity contribution < 1.29 is 22.7 Å². The summed E-state index contributed by atoms with van der Waals surface area (Å²) in [5.41, 5.74) is 1.23. The fraction of sp³-hybridized carbons (Fsp3) is 0.278. The third-order valence-electron chi connectivity index (χ3n) is 7.15. The number of carbonyl (C=O) groups is 2. The number of sulfonamides is 1. The maximum Gasteiger partial charge on any atom is 0.264 e. The molecule has 0 bridgehead atoms. The highest BCUT2D eigenvalue weighted by Gasteiger charge is 2.36. The Morgan fingerprint density at radius 3 is 2.11 bits per heavy atom. The summed E-state index contributed by atoms with van der Waals surface area (Å²) in [5.74, 6) is -0.624. The maximum absolute atomic E-state index is 14.7. The Balaban J connectivity index is 1.85. The molecule has 0 radical (unpaired) electrons. The molecule has 1 atom stereocenters. The summed E-state index contributed by atoms with van der Waals surface area (Å²) in [6, 6.07) is 28.3. The minimum atomic E-state index is -4.31. The molecule has 0 aliphatic carbocycles. The molecule has 248 valence electrons. The van der Waals surface area contributed by atoms with E-state index in [2.05, 4.69) is 21.2 Å². The Morgan fingerprint density at radius 2 is 1.49 bits per heavy atom. The van der Waals surface area contributed by atoms with Gasteiger partial charge in [-0.2, -0.15) is 0 Å². The highest BCUT2D eigenvalue weighted by Crippen LogP contribution is 2.33. The fourth-order valence-corrected chi connectivity index (χ4v) is 6.80. The molecule has 0 spiro atoms. The van der Waals surface area contributed by atoms with Gasteiger partial charge >= 0.3 is 0 Å². The number of hydrogen-bond acceptors (Lipinski definition) is 5. The van der Waals surface area contributed by atoms with Gasteiger partial charge in [-0.15, -0.1) is 0 Å². The van der Waals surface area contributed by atoms with Gasteiger partial charge in [0.15, 0.2) is 0 Å². The summed E-state index contributed by atoms with van der Waals surface area (Å²) in [6.07, 6.45) is 0.213. The predicted octanol–water partition coefficient (Wildman–Crippen LogP) is 7.25.